The monoisotopic (exact) mass is 350 g/mol. The zero-order chi connectivity index (χ0) is 18.2. The fourth-order valence-corrected chi connectivity index (χ4v) is 1.75. The third-order valence-corrected chi connectivity index (χ3v) is 3.18. The van der Waals surface area contributed by atoms with Crippen molar-refractivity contribution in [2.24, 2.45) is 5.73 Å². The third kappa shape index (κ3) is 7.30. The molecule has 7 N–H and O–H groups in total. The topological polar surface area (TPSA) is 171 Å². The first-order valence-electron chi connectivity index (χ1n) is 6.75. The van der Waals surface area contributed by atoms with Crippen molar-refractivity contribution in [3.05, 3.63) is 0 Å². The molecule has 0 aliphatic rings. The molecule has 0 spiro atoms. The minimum atomic E-state index is -1.50. The van der Waals surface area contributed by atoms with Gasteiger partial charge in [-0.25, -0.2) is 4.79 Å². The molecule has 0 radical (unpaired) electrons. The van der Waals surface area contributed by atoms with Crippen molar-refractivity contribution >= 4 is 36.3 Å². The predicted molar refractivity (Wildman–Crippen MR) is 83.7 cm³/mol. The van der Waals surface area contributed by atoms with Gasteiger partial charge in [-0.15, -0.1) is 0 Å². The fraction of sp³-hybridized carbons (Fsp3) is 0.667. The van der Waals surface area contributed by atoms with Crippen LogP contribution in [-0.2, 0) is 19.2 Å². The summed E-state index contributed by atoms with van der Waals surface area (Å²) in [5, 5.41) is 24.9. The van der Waals surface area contributed by atoms with Crippen LogP contribution in [-0.4, -0.2) is 70.4 Å². The van der Waals surface area contributed by atoms with Gasteiger partial charge < -0.3 is 31.9 Å². The maximum Gasteiger partial charge on any atom is 0.328 e. The Bertz CT molecular complexity index is 459. The number of amides is 3. The van der Waals surface area contributed by atoms with E-state index in [1.54, 1.807) is 0 Å². The van der Waals surface area contributed by atoms with Crippen LogP contribution in [0.5, 0.6) is 0 Å². The highest BCUT2D eigenvalue weighted by atomic mass is 32.1. The van der Waals surface area contributed by atoms with Gasteiger partial charge in [-0.2, -0.15) is 12.6 Å². The molecule has 0 aliphatic carbocycles. The maximum atomic E-state index is 11.9. The summed E-state index contributed by atoms with van der Waals surface area (Å²) >= 11 is 3.92. The quantitative estimate of drug-likeness (QED) is 0.215. The van der Waals surface area contributed by atoms with Gasteiger partial charge in [-0.1, -0.05) is 0 Å². The minimum Gasteiger partial charge on any atom is -0.480 e. The van der Waals surface area contributed by atoms with Gasteiger partial charge in [0, 0.05) is 5.75 Å². The summed E-state index contributed by atoms with van der Waals surface area (Å²) in [7, 11) is 0. The van der Waals surface area contributed by atoms with Crippen LogP contribution in [0.3, 0.4) is 0 Å². The number of hydrogen-bond donors (Lipinski definition) is 7. The normalized spacial score (nSPS) is 15.7. The van der Waals surface area contributed by atoms with Crippen LogP contribution < -0.4 is 21.7 Å². The van der Waals surface area contributed by atoms with Crippen molar-refractivity contribution in [1.82, 2.24) is 16.0 Å². The number of nitrogens with one attached hydrogen (secondary N) is 3. The number of hydrogen-bond acceptors (Lipinski definition) is 7. The second-order valence-corrected chi connectivity index (χ2v) is 5.17. The smallest absolute Gasteiger partial charge is 0.328 e. The number of thiol groups is 1. The van der Waals surface area contributed by atoms with Gasteiger partial charge in [0.1, 0.15) is 12.1 Å². The molecule has 0 bridgehead atoms. The Morgan fingerprint density at radius 2 is 1.65 bits per heavy atom. The van der Waals surface area contributed by atoms with Crippen molar-refractivity contribution in [3.8, 4) is 0 Å². The summed E-state index contributed by atoms with van der Waals surface area (Å²) in [4.78, 5) is 45.9. The van der Waals surface area contributed by atoms with Crippen molar-refractivity contribution < 1.29 is 29.4 Å². The Kier molecular flexibility index (Phi) is 9.22. The van der Waals surface area contributed by atoms with E-state index in [-0.39, 0.29) is 12.3 Å². The van der Waals surface area contributed by atoms with E-state index in [9.17, 15) is 24.3 Å². The molecule has 0 aromatic carbocycles. The lowest BCUT2D eigenvalue weighted by atomic mass is 10.1. The van der Waals surface area contributed by atoms with Crippen LogP contribution >= 0.6 is 12.6 Å². The van der Waals surface area contributed by atoms with E-state index in [1.807, 2.05) is 0 Å². The van der Waals surface area contributed by atoms with Gasteiger partial charge in [0.2, 0.25) is 17.7 Å². The van der Waals surface area contributed by atoms with Gasteiger partial charge in [0.15, 0.2) is 6.04 Å². The van der Waals surface area contributed by atoms with Gasteiger partial charge in [0.05, 0.1) is 12.6 Å². The molecule has 11 heteroatoms. The molecular formula is C12H22N4O6S. The summed E-state index contributed by atoms with van der Waals surface area (Å²) in [6, 6.07) is -3.57. The second kappa shape index (κ2) is 10.0. The van der Waals surface area contributed by atoms with E-state index in [0.717, 1.165) is 0 Å². The highest BCUT2D eigenvalue weighted by molar-refractivity contribution is 7.80. The van der Waals surface area contributed by atoms with Crippen LogP contribution in [0.15, 0.2) is 0 Å². The zero-order valence-corrected chi connectivity index (χ0v) is 13.7. The van der Waals surface area contributed by atoms with Crippen LogP contribution in [0.4, 0.5) is 0 Å². The largest absolute Gasteiger partial charge is 0.480 e. The molecule has 0 saturated heterocycles. The van der Waals surface area contributed by atoms with Gasteiger partial charge in [0.25, 0.3) is 0 Å². The van der Waals surface area contributed by atoms with E-state index in [4.69, 9.17) is 10.8 Å². The van der Waals surface area contributed by atoms with Crippen molar-refractivity contribution in [2.75, 3.05) is 12.3 Å². The number of aliphatic carboxylic acids is 1. The lowest BCUT2D eigenvalue weighted by molar-refractivity contribution is -0.145. The molecule has 10 nitrogen and oxygen atoms in total. The number of carboxylic acid groups (broad SMARTS) is 1. The van der Waals surface area contributed by atoms with Crippen LogP contribution in [0.25, 0.3) is 0 Å². The molecule has 0 rings (SSSR count). The average Bonchev–Trinajstić information content (AvgIpc) is 2.48. The SMILES string of the molecule is CC(NC(=O)C(CS)NC(=O)CN)C(=O)NC(C(=O)O)C(C)O. The molecule has 132 valence electrons. The average molecular weight is 350 g/mol. The molecule has 0 aromatic rings. The van der Waals surface area contributed by atoms with Gasteiger partial charge >= 0.3 is 5.97 Å². The predicted octanol–water partition coefficient (Wildman–Crippen LogP) is -3.19. The summed E-state index contributed by atoms with van der Waals surface area (Å²) in [5.74, 6) is -3.45. The highest BCUT2D eigenvalue weighted by Crippen LogP contribution is 1.96. The zero-order valence-electron chi connectivity index (χ0n) is 12.8. The van der Waals surface area contributed by atoms with Crippen molar-refractivity contribution in [2.45, 2.75) is 38.1 Å². The molecule has 4 atom stereocenters. The molecule has 0 heterocycles. The molecule has 0 fully saturated rings. The Morgan fingerprint density at radius 3 is 2.04 bits per heavy atom. The number of nitrogens with two attached hydrogens (primary N) is 1. The van der Waals surface area contributed by atoms with Crippen molar-refractivity contribution in [3.63, 3.8) is 0 Å². The minimum absolute atomic E-state index is 0.0165. The number of rotatable bonds is 9. The number of aliphatic hydroxyl groups is 1. The Labute approximate surface area is 138 Å². The number of aliphatic hydroxyl groups excluding tert-OH is 1. The van der Waals surface area contributed by atoms with E-state index in [1.165, 1.54) is 13.8 Å². The summed E-state index contributed by atoms with van der Waals surface area (Å²) in [6.45, 7) is 2.23. The van der Waals surface area contributed by atoms with E-state index < -0.39 is 47.9 Å². The molecule has 4 unspecified atom stereocenters. The van der Waals surface area contributed by atoms with E-state index in [0.29, 0.717) is 0 Å². The molecular weight excluding hydrogens is 328 g/mol. The number of carbonyl (C=O) groups is 4. The summed E-state index contributed by atoms with van der Waals surface area (Å²) < 4.78 is 0. The van der Waals surface area contributed by atoms with Crippen LogP contribution in [0.2, 0.25) is 0 Å². The lowest BCUT2D eigenvalue weighted by Gasteiger charge is -2.22. The van der Waals surface area contributed by atoms with E-state index in [2.05, 4.69) is 28.6 Å². The molecule has 0 aliphatic heterocycles. The third-order valence-electron chi connectivity index (χ3n) is 2.82. The Balaban J connectivity index is 4.68. The highest BCUT2D eigenvalue weighted by Gasteiger charge is 2.28. The fourth-order valence-electron chi connectivity index (χ4n) is 1.49. The first kappa shape index (κ1) is 21.1. The molecule has 3 amide bonds. The van der Waals surface area contributed by atoms with Gasteiger partial charge in [-0.05, 0) is 13.8 Å². The van der Waals surface area contributed by atoms with Crippen LogP contribution in [0, 0.1) is 0 Å². The van der Waals surface area contributed by atoms with Crippen LogP contribution in [0.1, 0.15) is 13.8 Å². The molecule has 0 saturated carbocycles. The van der Waals surface area contributed by atoms with Gasteiger partial charge in [-0.3, -0.25) is 14.4 Å². The van der Waals surface area contributed by atoms with Crippen molar-refractivity contribution in [1.29, 1.82) is 0 Å². The molecule has 0 aromatic heterocycles. The first-order chi connectivity index (χ1) is 10.6. The first-order valence-corrected chi connectivity index (χ1v) is 7.39. The van der Waals surface area contributed by atoms with E-state index >= 15 is 0 Å². The Hall–Kier alpha value is -1.85. The second-order valence-electron chi connectivity index (χ2n) is 4.80. The standard InChI is InChI=1S/C12H22N4O6S/c1-5(10(19)16-9(6(2)17)12(21)22)14-11(20)7(4-23)15-8(18)3-13/h5-7,9,17,23H,3-4,13H2,1-2H3,(H,14,20)(H,15,18)(H,16,19)(H,21,22). The summed E-state index contributed by atoms with van der Waals surface area (Å²) in [5.41, 5.74) is 5.12. The number of carboxylic acids is 1. The summed E-state index contributed by atoms with van der Waals surface area (Å²) in [6.07, 6.45) is -1.31. The maximum absolute atomic E-state index is 11.9. The number of carbonyl (C=O) groups excluding carboxylic acids is 3. The lowest BCUT2D eigenvalue weighted by Crippen LogP contribution is -2.57. The Morgan fingerprint density at radius 1 is 1.09 bits per heavy atom. The molecule has 23 heavy (non-hydrogen) atoms.